The summed E-state index contributed by atoms with van der Waals surface area (Å²) in [6.45, 7) is 24.6. The Morgan fingerprint density at radius 1 is 0.792 bits per heavy atom. The summed E-state index contributed by atoms with van der Waals surface area (Å²) in [7, 11) is -3.57. The van der Waals surface area contributed by atoms with Crippen LogP contribution < -0.4 is 18.4 Å². The van der Waals surface area contributed by atoms with E-state index >= 15 is 9.59 Å². The highest BCUT2D eigenvalue weighted by Crippen LogP contribution is 2.57. The number of fused-ring (bicyclic) bond motifs is 2. The molecule has 264 valence electrons. The Bertz CT molecular complexity index is 1600. The Morgan fingerprint density at radius 2 is 1.31 bits per heavy atom. The number of anilines is 1. The van der Waals surface area contributed by atoms with Crippen molar-refractivity contribution in [3.63, 3.8) is 0 Å². The van der Waals surface area contributed by atoms with Gasteiger partial charge in [-0.15, -0.1) is 50.7 Å². The standard InChI is InChI=1S/C38H59N2O2S4Si2/c1-14-19-21-25(16-3)23-39-29-31(45-37(33(29)43-6)47(8,9)10)27(35(39)41)28-32-30(34(44-7)38(46-32)48(11,12)13)40(18-5,36(28)42)24-26(17-4)22-20-15-2/h5,25-26H,14-17,19-24H2,1-4,6-13H3/q+1/b28-27+. The average Bonchev–Trinajstić information content (AvgIpc) is 3.74. The largest absolute Gasteiger partial charge is 0.366 e. The molecule has 2 amide bonds. The third kappa shape index (κ3) is 7.05. The number of carbonyl (C=O) groups excluding carboxylic acids is 2. The van der Waals surface area contributed by atoms with Crippen LogP contribution in [-0.2, 0) is 9.59 Å². The lowest BCUT2D eigenvalue weighted by atomic mass is 9.97. The van der Waals surface area contributed by atoms with E-state index in [1.165, 1.54) is 18.8 Å². The van der Waals surface area contributed by atoms with Gasteiger partial charge in [0, 0.05) is 26.4 Å². The fraction of sp³-hybridized carbons (Fsp3) is 0.632. The van der Waals surface area contributed by atoms with Gasteiger partial charge in [-0.25, -0.2) is 4.79 Å². The third-order valence-electron chi connectivity index (χ3n) is 10.1. The number of thiophene rings is 2. The first-order chi connectivity index (χ1) is 22.6. The van der Waals surface area contributed by atoms with E-state index in [1.807, 2.05) is 0 Å². The lowest BCUT2D eigenvalue weighted by Crippen LogP contribution is -2.51. The van der Waals surface area contributed by atoms with Crippen LogP contribution >= 0.6 is 46.2 Å². The van der Waals surface area contributed by atoms with E-state index in [2.05, 4.69) is 90.4 Å². The van der Waals surface area contributed by atoms with Crippen molar-refractivity contribution in [2.45, 2.75) is 128 Å². The number of hydrogen-bond donors (Lipinski definition) is 0. The van der Waals surface area contributed by atoms with Gasteiger partial charge < -0.3 is 4.90 Å². The van der Waals surface area contributed by atoms with Crippen molar-refractivity contribution in [3.8, 4) is 12.5 Å². The van der Waals surface area contributed by atoms with Crippen LogP contribution in [0, 0.1) is 24.3 Å². The molecule has 0 radical (unpaired) electrons. The Morgan fingerprint density at radius 3 is 1.79 bits per heavy atom. The topological polar surface area (TPSA) is 37.4 Å². The number of unbranched alkanes of at least 4 members (excludes halogenated alkanes) is 2. The summed E-state index contributed by atoms with van der Waals surface area (Å²) in [4.78, 5) is 36.9. The SMILES string of the molecule is C#C[N+]1(CC(CC)CCCC)C(=O)/C(=C2/C(=O)N(CC(CC)CCCC)c3c2sc([Si](C)(C)C)c3SC)c2sc([Si](C)(C)C)c(SC)c21. The number of thioether (sulfide) groups is 2. The Balaban J connectivity index is 2.10. The predicted molar refractivity (Wildman–Crippen MR) is 224 cm³/mol. The Kier molecular flexibility index (Phi) is 13.0. The molecule has 0 saturated heterocycles. The number of carbonyl (C=O) groups is 2. The van der Waals surface area contributed by atoms with Gasteiger partial charge in [0.25, 0.3) is 5.91 Å². The fourth-order valence-electron chi connectivity index (χ4n) is 7.28. The van der Waals surface area contributed by atoms with Crippen LogP contribution in [-0.4, -0.2) is 53.6 Å². The molecule has 0 aliphatic carbocycles. The zero-order chi connectivity index (χ0) is 35.8. The second-order valence-corrected chi connectivity index (χ2v) is 30.1. The van der Waals surface area contributed by atoms with E-state index in [9.17, 15) is 0 Å². The van der Waals surface area contributed by atoms with Crippen molar-refractivity contribution in [2.75, 3.05) is 30.5 Å². The lowest BCUT2D eigenvalue weighted by molar-refractivity contribution is -0.121. The number of nitrogens with zero attached hydrogens (tertiary/aromatic N) is 2. The van der Waals surface area contributed by atoms with E-state index in [0.29, 0.717) is 36.1 Å². The Hall–Kier alpha value is -1.07. The summed E-state index contributed by atoms with van der Waals surface area (Å²) < 4.78 is 2.70. The molecule has 3 atom stereocenters. The van der Waals surface area contributed by atoms with Crippen molar-refractivity contribution < 1.29 is 9.59 Å². The summed E-state index contributed by atoms with van der Waals surface area (Å²) in [5.41, 5.74) is 3.28. The van der Waals surface area contributed by atoms with E-state index in [1.54, 1.807) is 46.2 Å². The minimum absolute atomic E-state index is 0.00150. The van der Waals surface area contributed by atoms with Gasteiger partial charge in [-0.05, 0) is 37.7 Å². The van der Waals surface area contributed by atoms with Gasteiger partial charge in [0.05, 0.1) is 37.2 Å². The molecule has 4 rings (SSSR count). The van der Waals surface area contributed by atoms with Gasteiger partial charge in [-0.3, -0.25) is 4.79 Å². The summed E-state index contributed by atoms with van der Waals surface area (Å²) in [5.74, 6) is 0.680. The zero-order valence-corrected chi connectivity index (χ0v) is 36.9. The molecule has 10 heteroatoms. The predicted octanol–water partition coefficient (Wildman–Crippen LogP) is 10.5. The summed E-state index contributed by atoms with van der Waals surface area (Å²) in [6.07, 6.45) is 19.6. The van der Waals surface area contributed by atoms with Crippen molar-refractivity contribution in [1.29, 1.82) is 0 Å². The maximum absolute atomic E-state index is 15.4. The van der Waals surface area contributed by atoms with Gasteiger partial charge in [0.1, 0.15) is 23.0 Å². The molecule has 4 heterocycles. The highest BCUT2D eigenvalue weighted by molar-refractivity contribution is 7.99. The van der Waals surface area contributed by atoms with Crippen molar-refractivity contribution in [3.05, 3.63) is 9.75 Å². The first-order valence-corrected chi connectivity index (χ1v) is 29.1. The van der Waals surface area contributed by atoms with Crippen LogP contribution in [0.1, 0.15) is 88.8 Å². The molecule has 2 aromatic heterocycles. The van der Waals surface area contributed by atoms with E-state index in [0.717, 1.165) is 72.5 Å². The fourth-order valence-corrected chi connectivity index (χ4v) is 18.5. The first-order valence-electron chi connectivity index (χ1n) is 18.0. The molecular weight excluding hydrogens is 701 g/mol. The molecular formula is C38H59N2O2S4Si2+. The minimum Gasteiger partial charge on any atom is -0.305 e. The molecule has 2 aromatic rings. The smallest absolute Gasteiger partial charge is 0.305 e. The summed E-state index contributed by atoms with van der Waals surface area (Å²) in [6, 6.07) is 3.13. The number of hydrogen-bond acceptors (Lipinski definition) is 6. The van der Waals surface area contributed by atoms with Crippen molar-refractivity contribution in [2.24, 2.45) is 11.8 Å². The molecule has 0 bridgehead atoms. The second-order valence-electron chi connectivity index (χ2n) is 15.7. The van der Waals surface area contributed by atoms with Crippen LogP contribution in [0.15, 0.2) is 9.79 Å². The molecule has 3 unspecified atom stereocenters. The van der Waals surface area contributed by atoms with Gasteiger partial charge in [-0.1, -0.05) is 106 Å². The van der Waals surface area contributed by atoms with Gasteiger partial charge in [-0.2, -0.15) is 0 Å². The first kappa shape index (κ1) is 39.7. The van der Waals surface area contributed by atoms with Gasteiger partial charge >= 0.3 is 5.91 Å². The van der Waals surface area contributed by atoms with Crippen LogP contribution in [0.4, 0.5) is 11.4 Å². The highest BCUT2D eigenvalue weighted by Gasteiger charge is 2.58. The number of terminal acetylenes is 1. The maximum atomic E-state index is 15.4. The van der Waals surface area contributed by atoms with Crippen molar-refractivity contribution >= 4 is 106 Å². The summed E-state index contributed by atoms with van der Waals surface area (Å²) in [5, 5.41) is 0. The molecule has 2 aliphatic rings. The Labute approximate surface area is 310 Å². The molecule has 0 spiro atoms. The molecule has 0 saturated carbocycles. The molecule has 48 heavy (non-hydrogen) atoms. The molecule has 0 fully saturated rings. The van der Waals surface area contributed by atoms with Gasteiger partial charge in [0.2, 0.25) is 0 Å². The number of quaternary nitrogens is 1. The van der Waals surface area contributed by atoms with E-state index in [4.69, 9.17) is 6.42 Å². The van der Waals surface area contributed by atoms with Crippen LogP contribution in [0.2, 0.25) is 39.3 Å². The minimum atomic E-state index is -1.81. The maximum Gasteiger partial charge on any atom is 0.366 e. The molecule has 2 aliphatic heterocycles. The second kappa shape index (κ2) is 15.7. The molecule has 0 aromatic carbocycles. The van der Waals surface area contributed by atoms with Gasteiger partial charge in [0.15, 0.2) is 5.69 Å². The van der Waals surface area contributed by atoms with E-state index in [-0.39, 0.29) is 16.3 Å². The van der Waals surface area contributed by atoms with Crippen LogP contribution in [0.25, 0.3) is 11.1 Å². The normalized spacial score (nSPS) is 20.8. The van der Waals surface area contributed by atoms with E-state index < -0.39 is 16.1 Å². The monoisotopic (exact) mass is 759 g/mol. The summed E-state index contributed by atoms with van der Waals surface area (Å²) >= 11 is 7.07. The molecule has 0 N–H and O–H groups in total. The van der Waals surface area contributed by atoms with Crippen molar-refractivity contribution in [1.82, 2.24) is 4.48 Å². The number of rotatable bonds is 16. The molecule has 4 nitrogen and oxygen atoms in total. The third-order valence-corrected chi connectivity index (χ3v) is 21.9. The van der Waals surface area contributed by atoms with Crippen LogP contribution in [0.5, 0.6) is 0 Å². The number of amides is 2. The lowest BCUT2D eigenvalue weighted by Gasteiger charge is -2.29. The average molecular weight is 760 g/mol. The van der Waals surface area contributed by atoms with Crippen LogP contribution in [0.3, 0.4) is 0 Å². The quantitative estimate of drug-likeness (QED) is 0.0562. The zero-order valence-electron chi connectivity index (χ0n) is 31.6. The highest BCUT2D eigenvalue weighted by atomic mass is 32.2.